The molecule has 18 heavy (non-hydrogen) atoms. The lowest BCUT2D eigenvalue weighted by Crippen LogP contribution is -2.32. The zero-order chi connectivity index (χ0) is 13.4. The molecule has 0 fully saturated rings. The molecule has 0 unspecified atom stereocenters. The van der Waals surface area contributed by atoms with E-state index in [9.17, 15) is 0 Å². The third-order valence-corrected chi connectivity index (χ3v) is 2.58. The van der Waals surface area contributed by atoms with Crippen molar-refractivity contribution in [2.45, 2.75) is 26.4 Å². The van der Waals surface area contributed by atoms with Crippen molar-refractivity contribution in [2.24, 2.45) is 10.7 Å². The van der Waals surface area contributed by atoms with Crippen molar-refractivity contribution in [3.8, 4) is 0 Å². The van der Waals surface area contributed by atoms with Crippen LogP contribution in [-0.4, -0.2) is 31.5 Å². The summed E-state index contributed by atoms with van der Waals surface area (Å²) in [5, 5.41) is 3.08. The molecule has 0 aliphatic rings. The van der Waals surface area contributed by atoms with Gasteiger partial charge in [0.25, 0.3) is 0 Å². The van der Waals surface area contributed by atoms with Gasteiger partial charge in [-0.1, -0.05) is 31.2 Å². The monoisotopic (exact) mass is 248 g/mol. The zero-order valence-corrected chi connectivity index (χ0v) is 11.6. The van der Waals surface area contributed by atoms with Gasteiger partial charge in [0.05, 0.1) is 6.54 Å². The molecule has 4 nitrogen and oxygen atoms in total. The van der Waals surface area contributed by atoms with E-state index in [1.807, 2.05) is 6.07 Å². The molecule has 1 rings (SSSR count). The third-order valence-electron chi connectivity index (χ3n) is 2.58. The van der Waals surface area contributed by atoms with Gasteiger partial charge in [-0.25, -0.2) is 4.99 Å². The van der Waals surface area contributed by atoms with Gasteiger partial charge in [-0.3, -0.25) is 0 Å². The minimum absolute atomic E-state index is 0.525. The average Bonchev–Trinajstić information content (AvgIpc) is 2.34. The Morgan fingerprint density at radius 2 is 1.94 bits per heavy atom. The van der Waals surface area contributed by atoms with E-state index < -0.39 is 0 Å². The summed E-state index contributed by atoms with van der Waals surface area (Å²) >= 11 is 0. The Bertz CT molecular complexity index is 385. The van der Waals surface area contributed by atoms with Crippen LogP contribution in [-0.2, 0) is 13.1 Å². The minimum atomic E-state index is 0.525. The highest BCUT2D eigenvalue weighted by atomic mass is 15.1. The maximum absolute atomic E-state index is 5.79. The lowest BCUT2D eigenvalue weighted by atomic mass is 10.1. The number of hydrogen-bond donors (Lipinski definition) is 2. The number of nitrogens with two attached hydrogens (primary N) is 1. The topological polar surface area (TPSA) is 53.6 Å². The summed E-state index contributed by atoms with van der Waals surface area (Å²) in [5.41, 5.74) is 8.32. The summed E-state index contributed by atoms with van der Waals surface area (Å²) in [6.07, 6.45) is 1.05. The third kappa shape index (κ3) is 5.19. The molecule has 0 amide bonds. The first kappa shape index (κ1) is 14.5. The number of nitrogens with zero attached hydrogens (tertiary/aromatic N) is 2. The second-order valence-corrected chi connectivity index (χ2v) is 4.63. The Hall–Kier alpha value is -1.55. The SMILES string of the molecule is CCCNC(N)=NCc1ccccc1CN(C)C. The fourth-order valence-corrected chi connectivity index (χ4v) is 1.69. The van der Waals surface area contributed by atoms with Gasteiger partial charge in [0.2, 0.25) is 0 Å². The van der Waals surface area contributed by atoms with Gasteiger partial charge in [0.15, 0.2) is 5.96 Å². The molecule has 0 heterocycles. The van der Waals surface area contributed by atoms with E-state index in [2.05, 4.69) is 54.4 Å². The second kappa shape index (κ2) is 7.71. The van der Waals surface area contributed by atoms with Crippen LogP contribution in [0.3, 0.4) is 0 Å². The summed E-state index contributed by atoms with van der Waals surface area (Å²) in [5.74, 6) is 0.525. The molecule has 0 bridgehead atoms. The van der Waals surface area contributed by atoms with Gasteiger partial charge in [-0.15, -0.1) is 0 Å². The summed E-state index contributed by atoms with van der Waals surface area (Å²) in [6, 6.07) is 8.35. The van der Waals surface area contributed by atoms with Crippen LogP contribution in [0.25, 0.3) is 0 Å². The summed E-state index contributed by atoms with van der Waals surface area (Å²) in [7, 11) is 4.13. The van der Waals surface area contributed by atoms with Gasteiger partial charge in [-0.05, 0) is 31.6 Å². The van der Waals surface area contributed by atoms with Crippen LogP contribution in [0.15, 0.2) is 29.3 Å². The molecule has 0 spiro atoms. The summed E-state index contributed by atoms with van der Waals surface area (Å²) in [6.45, 7) is 4.53. The standard InChI is InChI=1S/C14H24N4/c1-4-9-16-14(15)17-10-12-7-5-6-8-13(12)11-18(2)3/h5-8H,4,9-11H2,1-3H3,(H3,15,16,17). The molecule has 0 atom stereocenters. The number of benzene rings is 1. The van der Waals surface area contributed by atoms with E-state index in [1.165, 1.54) is 11.1 Å². The number of guanidine groups is 1. The van der Waals surface area contributed by atoms with Crippen LogP contribution in [0.5, 0.6) is 0 Å². The fraction of sp³-hybridized carbons (Fsp3) is 0.500. The van der Waals surface area contributed by atoms with Crippen molar-refractivity contribution in [3.63, 3.8) is 0 Å². The molecule has 0 aliphatic carbocycles. The lowest BCUT2D eigenvalue weighted by Gasteiger charge is -2.13. The van der Waals surface area contributed by atoms with Crippen LogP contribution in [0.2, 0.25) is 0 Å². The highest BCUT2D eigenvalue weighted by Crippen LogP contribution is 2.11. The number of rotatable bonds is 6. The molecule has 3 N–H and O–H groups in total. The van der Waals surface area contributed by atoms with Gasteiger partial charge in [0.1, 0.15) is 0 Å². The molecule has 0 aromatic heterocycles. The van der Waals surface area contributed by atoms with Gasteiger partial charge < -0.3 is 16.0 Å². The predicted octanol–water partition coefficient (Wildman–Crippen LogP) is 1.56. The van der Waals surface area contributed by atoms with Crippen LogP contribution >= 0.6 is 0 Å². The first-order chi connectivity index (χ1) is 8.63. The highest BCUT2D eigenvalue weighted by Gasteiger charge is 2.02. The van der Waals surface area contributed by atoms with E-state index >= 15 is 0 Å². The fourth-order valence-electron chi connectivity index (χ4n) is 1.69. The quantitative estimate of drug-likeness (QED) is 0.593. The first-order valence-electron chi connectivity index (χ1n) is 6.38. The molecule has 0 saturated heterocycles. The second-order valence-electron chi connectivity index (χ2n) is 4.63. The van der Waals surface area contributed by atoms with E-state index in [0.29, 0.717) is 12.5 Å². The van der Waals surface area contributed by atoms with E-state index in [-0.39, 0.29) is 0 Å². The van der Waals surface area contributed by atoms with Gasteiger partial charge >= 0.3 is 0 Å². The van der Waals surface area contributed by atoms with E-state index in [4.69, 9.17) is 5.73 Å². The van der Waals surface area contributed by atoms with Gasteiger partial charge in [0, 0.05) is 13.1 Å². The predicted molar refractivity (Wildman–Crippen MR) is 77.5 cm³/mol. The lowest BCUT2D eigenvalue weighted by molar-refractivity contribution is 0.401. The van der Waals surface area contributed by atoms with Crippen LogP contribution in [0.4, 0.5) is 0 Å². The number of nitrogens with one attached hydrogen (secondary N) is 1. The molecule has 4 heteroatoms. The van der Waals surface area contributed by atoms with Crippen molar-refractivity contribution in [2.75, 3.05) is 20.6 Å². The average molecular weight is 248 g/mol. The number of hydrogen-bond acceptors (Lipinski definition) is 2. The summed E-state index contributed by atoms with van der Waals surface area (Å²) in [4.78, 5) is 6.52. The maximum Gasteiger partial charge on any atom is 0.188 e. The van der Waals surface area contributed by atoms with Crippen LogP contribution < -0.4 is 11.1 Å². The Morgan fingerprint density at radius 3 is 2.56 bits per heavy atom. The minimum Gasteiger partial charge on any atom is -0.370 e. The van der Waals surface area contributed by atoms with Gasteiger partial charge in [-0.2, -0.15) is 0 Å². The highest BCUT2D eigenvalue weighted by molar-refractivity contribution is 5.77. The van der Waals surface area contributed by atoms with Crippen LogP contribution in [0, 0.1) is 0 Å². The molecule has 0 radical (unpaired) electrons. The Morgan fingerprint density at radius 1 is 1.28 bits per heavy atom. The molecule has 100 valence electrons. The van der Waals surface area contributed by atoms with E-state index in [0.717, 1.165) is 19.5 Å². The molecule has 1 aromatic carbocycles. The first-order valence-corrected chi connectivity index (χ1v) is 6.38. The molecule has 0 saturated carbocycles. The van der Waals surface area contributed by atoms with Crippen molar-refractivity contribution in [3.05, 3.63) is 35.4 Å². The number of aliphatic imine (C=N–C) groups is 1. The molecule has 1 aromatic rings. The molecular weight excluding hydrogens is 224 g/mol. The zero-order valence-electron chi connectivity index (χ0n) is 11.6. The maximum atomic E-state index is 5.79. The van der Waals surface area contributed by atoms with Crippen molar-refractivity contribution < 1.29 is 0 Å². The molecule has 0 aliphatic heterocycles. The normalized spacial score (nSPS) is 11.9. The Labute approximate surface area is 110 Å². The van der Waals surface area contributed by atoms with E-state index in [1.54, 1.807) is 0 Å². The smallest absolute Gasteiger partial charge is 0.188 e. The Balaban J connectivity index is 2.66. The van der Waals surface area contributed by atoms with Crippen LogP contribution in [0.1, 0.15) is 24.5 Å². The Kier molecular flexibility index (Phi) is 6.22. The van der Waals surface area contributed by atoms with Crippen molar-refractivity contribution >= 4 is 5.96 Å². The van der Waals surface area contributed by atoms with Crippen molar-refractivity contribution in [1.82, 2.24) is 10.2 Å². The summed E-state index contributed by atoms with van der Waals surface area (Å²) < 4.78 is 0. The largest absolute Gasteiger partial charge is 0.370 e. The molecular formula is C14H24N4. The van der Waals surface area contributed by atoms with Crippen molar-refractivity contribution in [1.29, 1.82) is 0 Å².